The van der Waals surface area contributed by atoms with Crippen molar-refractivity contribution in [2.24, 2.45) is 27.9 Å². The van der Waals surface area contributed by atoms with Crippen LogP contribution < -0.4 is 38.9 Å². The van der Waals surface area contributed by atoms with E-state index in [9.17, 15) is 19.2 Å². The fourth-order valence-corrected chi connectivity index (χ4v) is 3.42. The number of hydrogen-bond donors (Lipinski definition) is 8. The molecule has 1 aromatic carbocycles. The quantitative estimate of drug-likeness (QED) is 0.0662. The van der Waals surface area contributed by atoms with Gasteiger partial charge < -0.3 is 44.0 Å². The number of nitrogens with two attached hydrogens (primary N) is 4. The molecule has 0 aliphatic rings. The van der Waals surface area contributed by atoms with E-state index in [1.54, 1.807) is 0 Å². The average molecular weight is 521 g/mol. The van der Waals surface area contributed by atoms with E-state index in [0.29, 0.717) is 25.8 Å². The number of nitrogens with one attached hydrogen (secondary N) is 3. The van der Waals surface area contributed by atoms with Crippen molar-refractivity contribution >= 4 is 29.7 Å². The van der Waals surface area contributed by atoms with Gasteiger partial charge in [0, 0.05) is 6.54 Å². The van der Waals surface area contributed by atoms with Crippen LogP contribution >= 0.6 is 0 Å². The summed E-state index contributed by atoms with van der Waals surface area (Å²) in [7, 11) is 0. The van der Waals surface area contributed by atoms with Crippen LogP contribution in [0.4, 0.5) is 0 Å². The molecule has 12 N–H and O–H groups in total. The van der Waals surface area contributed by atoms with Gasteiger partial charge >= 0.3 is 5.97 Å². The molecule has 37 heavy (non-hydrogen) atoms. The first-order chi connectivity index (χ1) is 17.5. The van der Waals surface area contributed by atoms with Gasteiger partial charge in [-0.25, -0.2) is 0 Å². The molecule has 1 aromatic rings. The molecule has 206 valence electrons. The number of aliphatic carboxylic acids is 1. The number of carboxylic acids is 1. The number of aliphatic imine (C=N–C) groups is 1. The summed E-state index contributed by atoms with van der Waals surface area (Å²) in [5.41, 5.74) is 23.2. The second-order valence-corrected chi connectivity index (χ2v) is 8.72. The van der Waals surface area contributed by atoms with Crippen LogP contribution in [0.2, 0.25) is 0 Å². The SMILES string of the molecule is CC(NC(=O)C(CCCN=C(N)N)NC(=O)C(CCCCN)NC(=O)C(N)Cc1ccccc1)C(=O)O. The van der Waals surface area contributed by atoms with Gasteiger partial charge in [-0.3, -0.25) is 24.2 Å². The first kappa shape index (κ1) is 31.3. The topological polar surface area (TPSA) is 241 Å². The standard InChI is InChI=1S/C24H40N8O5/c1-15(23(36)37)30-21(34)19(11-7-13-29-24(27)28)32-22(35)18(10-5-6-12-25)31-20(33)17(26)14-16-8-3-2-4-9-16/h2-4,8-9,15,17-19H,5-7,10-14,25-26H2,1H3,(H,30,34)(H,31,33)(H,32,35)(H,36,37)(H4,27,28,29). The zero-order valence-corrected chi connectivity index (χ0v) is 21.2. The van der Waals surface area contributed by atoms with Gasteiger partial charge in [-0.1, -0.05) is 30.3 Å². The molecule has 3 amide bonds. The molecule has 13 nitrogen and oxygen atoms in total. The maximum absolute atomic E-state index is 13.2. The lowest BCUT2D eigenvalue weighted by Crippen LogP contribution is -2.57. The van der Waals surface area contributed by atoms with Crippen molar-refractivity contribution in [3.8, 4) is 0 Å². The molecule has 0 heterocycles. The Labute approximate surface area is 216 Å². The first-order valence-electron chi connectivity index (χ1n) is 12.2. The van der Waals surface area contributed by atoms with Crippen LogP contribution in [0.3, 0.4) is 0 Å². The van der Waals surface area contributed by atoms with Crippen molar-refractivity contribution in [3.63, 3.8) is 0 Å². The van der Waals surface area contributed by atoms with E-state index in [1.165, 1.54) is 6.92 Å². The number of carbonyl (C=O) groups excluding carboxylic acids is 3. The second kappa shape index (κ2) is 16.9. The van der Waals surface area contributed by atoms with Crippen LogP contribution in [0, 0.1) is 0 Å². The van der Waals surface area contributed by atoms with E-state index in [1.807, 2.05) is 30.3 Å². The summed E-state index contributed by atoms with van der Waals surface area (Å²) in [5, 5.41) is 16.8. The zero-order valence-electron chi connectivity index (χ0n) is 21.2. The van der Waals surface area contributed by atoms with Crippen LogP contribution in [0.15, 0.2) is 35.3 Å². The number of carbonyl (C=O) groups is 4. The molecule has 0 aliphatic carbocycles. The van der Waals surface area contributed by atoms with Gasteiger partial charge in [-0.2, -0.15) is 0 Å². The normalized spacial score (nSPS) is 13.9. The molecule has 1 rings (SSSR count). The molecule has 0 aromatic heterocycles. The summed E-state index contributed by atoms with van der Waals surface area (Å²) in [6.07, 6.45) is 2.23. The maximum Gasteiger partial charge on any atom is 0.325 e. The van der Waals surface area contributed by atoms with Gasteiger partial charge in [0.1, 0.15) is 18.1 Å². The second-order valence-electron chi connectivity index (χ2n) is 8.72. The van der Waals surface area contributed by atoms with E-state index >= 15 is 0 Å². The predicted octanol–water partition coefficient (Wildman–Crippen LogP) is -1.70. The van der Waals surface area contributed by atoms with Gasteiger partial charge in [-0.05, 0) is 57.6 Å². The fourth-order valence-electron chi connectivity index (χ4n) is 3.42. The number of nitrogens with zero attached hydrogens (tertiary/aromatic N) is 1. The van der Waals surface area contributed by atoms with Crippen molar-refractivity contribution in [2.75, 3.05) is 13.1 Å². The Kier molecular flexibility index (Phi) is 14.3. The summed E-state index contributed by atoms with van der Waals surface area (Å²) in [5.74, 6) is -3.12. The molecule has 0 saturated heterocycles. The van der Waals surface area contributed by atoms with E-state index in [4.69, 9.17) is 28.0 Å². The number of carboxylic acid groups (broad SMARTS) is 1. The molecule has 0 fully saturated rings. The van der Waals surface area contributed by atoms with E-state index in [0.717, 1.165) is 5.56 Å². The third-order valence-electron chi connectivity index (χ3n) is 5.52. The molecule has 0 radical (unpaired) electrons. The number of guanidine groups is 1. The molecule has 0 aliphatic heterocycles. The van der Waals surface area contributed by atoms with Crippen molar-refractivity contribution in [1.82, 2.24) is 16.0 Å². The highest BCUT2D eigenvalue weighted by molar-refractivity contribution is 5.94. The first-order valence-corrected chi connectivity index (χ1v) is 12.2. The number of unbranched alkanes of at least 4 members (excludes halogenated alkanes) is 1. The minimum Gasteiger partial charge on any atom is -0.480 e. The highest BCUT2D eigenvalue weighted by atomic mass is 16.4. The van der Waals surface area contributed by atoms with Crippen LogP contribution in [-0.2, 0) is 25.6 Å². The molecule has 0 bridgehead atoms. The summed E-state index contributed by atoms with van der Waals surface area (Å²) in [6.45, 7) is 1.93. The molecule has 4 atom stereocenters. The summed E-state index contributed by atoms with van der Waals surface area (Å²) in [6, 6.07) is 5.14. The minimum atomic E-state index is -1.22. The molecule has 13 heteroatoms. The molecule has 0 spiro atoms. The third kappa shape index (κ3) is 12.7. The molecular weight excluding hydrogens is 480 g/mol. The summed E-state index contributed by atoms with van der Waals surface area (Å²) in [4.78, 5) is 53.7. The molecular formula is C24H40N8O5. The number of benzene rings is 1. The minimum absolute atomic E-state index is 0.112. The summed E-state index contributed by atoms with van der Waals surface area (Å²) >= 11 is 0. The van der Waals surface area contributed by atoms with Crippen molar-refractivity contribution in [3.05, 3.63) is 35.9 Å². The Morgan fingerprint density at radius 2 is 1.46 bits per heavy atom. The van der Waals surface area contributed by atoms with Gasteiger partial charge in [-0.15, -0.1) is 0 Å². The maximum atomic E-state index is 13.2. The van der Waals surface area contributed by atoms with Gasteiger partial charge in [0.25, 0.3) is 0 Å². The Bertz CT molecular complexity index is 908. The average Bonchev–Trinajstić information content (AvgIpc) is 2.85. The van der Waals surface area contributed by atoms with E-state index in [-0.39, 0.29) is 31.8 Å². The third-order valence-corrected chi connectivity index (χ3v) is 5.52. The largest absolute Gasteiger partial charge is 0.480 e. The smallest absolute Gasteiger partial charge is 0.325 e. The van der Waals surface area contributed by atoms with Crippen molar-refractivity contribution < 1.29 is 24.3 Å². The van der Waals surface area contributed by atoms with E-state index in [2.05, 4.69) is 20.9 Å². The Hall–Kier alpha value is -3.71. The molecule has 4 unspecified atom stereocenters. The van der Waals surface area contributed by atoms with Crippen LogP contribution in [-0.4, -0.2) is 72.0 Å². The fraction of sp³-hybridized carbons (Fsp3) is 0.542. The van der Waals surface area contributed by atoms with Crippen LogP contribution in [0.5, 0.6) is 0 Å². The van der Waals surface area contributed by atoms with Gasteiger partial charge in [0.2, 0.25) is 17.7 Å². The Balaban J connectivity index is 2.94. The summed E-state index contributed by atoms with van der Waals surface area (Å²) < 4.78 is 0. The lowest BCUT2D eigenvalue weighted by Gasteiger charge is -2.25. The van der Waals surface area contributed by atoms with Gasteiger partial charge in [0.05, 0.1) is 6.04 Å². The monoisotopic (exact) mass is 520 g/mol. The number of rotatable bonds is 17. The Morgan fingerprint density at radius 1 is 0.892 bits per heavy atom. The number of hydrogen-bond acceptors (Lipinski definition) is 7. The highest BCUT2D eigenvalue weighted by Gasteiger charge is 2.29. The predicted molar refractivity (Wildman–Crippen MR) is 140 cm³/mol. The van der Waals surface area contributed by atoms with Crippen LogP contribution in [0.1, 0.15) is 44.6 Å². The van der Waals surface area contributed by atoms with Crippen LogP contribution in [0.25, 0.3) is 0 Å². The van der Waals surface area contributed by atoms with E-state index < -0.39 is 47.9 Å². The lowest BCUT2D eigenvalue weighted by molar-refractivity contribution is -0.141. The van der Waals surface area contributed by atoms with Gasteiger partial charge in [0.15, 0.2) is 5.96 Å². The molecule has 0 saturated carbocycles. The van der Waals surface area contributed by atoms with Crippen molar-refractivity contribution in [2.45, 2.75) is 69.6 Å². The lowest BCUT2D eigenvalue weighted by atomic mass is 10.0. The number of amides is 3. The van der Waals surface area contributed by atoms with Crippen molar-refractivity contribution in [1.29, 1.82) is 0 Å². The highest BCUT2D eigenvalue weighted by Crippen LogP contribution is 2.07. The Morgan fingerprint density at radius 3 is 2.03 bits per heavy atom. The zero-order chi connectivity index (χ0) is 27.8.